The number of carbonyl (C=O) groups is 4. The van der Waals surface area contributed by atoms with Gasteiger partial charge in [0.25, 0.3) is 0 Å². The number of carboxylic acids is 1. The number of hydrogen-bond acceptors (Lipinski definition) is 7. The van der Waals surface area contributed by atoms with E-state index in [2.05, 4.69) is 5.32 Å². The van der Waals surface area contributed by atoms with E-state index in [9.17, 15) is 29.4 Å². The van der Waals surface area contributed by atoms with E-state index in [1.54, 1.807) is 19.9 Å². The standard InChI is InChI=1S/C26H31NO8/c1-13(2)21(24(31)32)27-18(29)7-8-19(30)34-17-6-5-14-12-15-4-3-10-25-20(14)22(17)35-23(25)16(28)9-11-26(15,25)33/h5-6,13,15,21,23,33H,3-4,7-12H2,1-2H3,(H,27,29)(H,31,32)/t15-,21?,23+,25+,26-/m1/s1. The average Bonchev–Trinajstić information content (AvgIpc) is 3.14. The number of nitrogens with one attached hydrogen (secondary N) is 1. The molecule has 5 atom stereocenters. The predicted octanol–water partition coefficient (Wildman–Crippen LogP) is 2.05. The smallest absolute Gasteiger partial charge is 0.326 e. The highest BCUT2D eigenvalue weighted by atomic mass is 16.6. The fourth-order valence-electron chi connectivity index (χ4n) is 6.85. The average molecular weight is 486 g/mol. The van der Waals surface area contributed by atoms with Crippen molar-refractivity contribution in [3.63, 3.8) is 0 Å². The molecular weight excluding hydrogens is 454 g/mol. The zero-order valence-corrected chi connectivity index (χ0v) is 20.0. The summed E-state index contributed by atoms with van der Waals surface area (Å²) in [6, 6.07) is 2.51. The number of hydrogen-bond donors (Lipinski definition) is 3. The molecule has 1 unspecified atom stereocenters. The maximum absolute atomic E-state index is 12.9. The van der Waals surface area contributed by atoms with E-state index in [-0.39, 0.29) is 42.6 Å². The first-order valence-electron chi connectivity index (χ1n) is 12.4. The van der Waals surface area contributed by atoms with Crippen LogP contribution in [0.5, 0.6) is 11.5 Å². The van der Waals surface area contributed by atoms with Crippen LogP contribution in [0.15, 0.2) is 12.1 Å². The molecule has 1 aromatic rings. The number of benzene rings is 1. The molecule has 2 fully saturated rings. The summed E-state index contributed by atoms with van der Waals surface area (Å²) in [5.41, 5.74) is 0.0106. The normalized spacial score (nSPS) is 30.8. The predicted molar refractivity (Wildman–Crippen MR) is 122 cm³/mol. The topological polar surface area (TPSA) is 139 Å². The largest absolute Gasteiger partial charge is 0.480 e. The van der Waals surface area contributed by atoms with Crippen molar-refractivity contribution in [2.24, 2.45) is 11.8 Å². The number of carbonyl (C=O) groups excluding carboxylic acids is 3. The number of aliphatic carboxylic acids is 1. The van der Waals surface area contributed by atoms with Crippen LogP contribution in [-0.4, -0.2) is 51.6 Å². The van der Waals surface area contributed by atoms with Crippen LogP contribution in [0.4, 0.5) is 0 Å². The molecule has 1 aliphatic heterocycles. The second-order valence-corrected chi connectivity index (χ2v) is 10.7. The molecule has 2 saturated carbocycles. The highest BCUT2D eigenvalue weighted by Crippen LogP contribution is 2.66. The Balaban J connectivity index is 1.36. The number of carboxylic acid groups (broad SMARTS) is 1. The maximum atomic E-state index is 12.9. The minimum Gasteiger partial charge on any atom is -0.480 e. The first-order chi connectivity index (χ1) is 16.6. The van der Waals surface area contributed by atoms with E-state index in [0.29, 0.717) is 25.0 Å². The third-order valence-electron chi connectivity index (χ3n) is 8.45. The molecular formula is C26H31NO8. The van der Waals surface area contributed by atoms with Gasteiger partial charge in [-0.05, 0) is 49.1 Å². The molecule has 0 saturated heterocycles. The third kappa shape index (κ3) is 3.46. The lowest BCUT2D eigenvalue weighted by atomic mass is 9.46. The number of ketones is 1. The Morgan fingerprint density at radius 2 is 2.00 bits per heavy atom. The molecule has 5 rings (SSSR count). The number of ether oxygens (including phenoxy) is 2. The summed E-state index contributed by atoms with van der Waals surface area (Å²) in [5.74, 6) is -2.08. The molecule has 1 spiro atoms. The molecule has 3 aliphatic carbocycles. The lowest BCUT2D eigenvalue weighted by Gasteiger charge is -2.59. The fourth-order valence-corrected chi connectivity index (χ4v) is 6.85. The third-order valence-corrected chi connectivity index (χ3v) is 8.45. The van der Waals surface area contributed by atoms with Crippen LogP contribution >= 0.6 is 0 Å². The first kappa shape index (κ1) is 23.8. The van der Waals surface area contributed by atoms with E-state index >= 15 is 0 Å². The summed E-state index contributed by atoms with van der Waals surface area (Å²) in [5, 5.41) is 23.5. The van der Waals surface area contributed by atoms with Gasteiger partial charge in [0.05, 0.1) is 17.4 Å². The van der Waals surface area contributed by atoms with Gasteiger partial charge in [0, 0.05) is 18.4 Å². The number of amides is 1. The molecule has 9 heteroatoms. The Morgan fingerprint density at radius 1 is 1.23 bits per heavy atom. The minimum absolute atomic E-state index is 0.0357. The second-order valence-electron chi connectivity index (χ2n) is 10.7. The molecule has 1 amide bonds. The van der Waals surface area contributed by atoms with Crippen LogP contribution in [0.2, 0.25) is 0 Å². The van der Waals surface area contributed by atoms with E-state index in [1.807, 2.05) is 6.07 Å². The van der Waals surface area contributed by atoms with Crippen molar-refractivity contribution in [2.75, 3.05) is 0 Å². The van der Waals surface area contributed by atoms with Crippen LogP contribution in [0.3, 0.4) is 0 Å². The molecule has 2 bridgehead atoms. The van der Waals surface area contributed by atoms with E-state index in [1.165, 1.54) is 0 Å². The van der Waals surface area contributed by atoms with Crippen molar-refractivity contribution >= 4 is 23.6 Å². The van der Waals surface area contributed by atoms with Gasteiger partial charge in [0.15, 0.2) is 23.4 Å². The summed E-state index contributed by atoms with van der Waals surface area (Å²) < 4.78 is 11.8. The number of esters is 1. The monoisotopic (exact) mass is 485 g/mol. The Labute approximate surface area is 203 Å². The highest BCUT2D eigenvalue weighted by molar-refractivity contribution is 5.90. The van der Waals surface area contributed by atoms with E-state index in [0.717, 1.165) is 24.0 Å². The van der Waals surface area contributed by atoms with Crippen LogP contribution in [0.25, 0.3) is 0 Å². The quantitative estimate of drug-likeness (QED) is 0.394. The maximum Gasteiger partial charge on any atom is 0.326 e. The lowest BCUT2D eigenvalue weighted by molar-refractivity contribution is -0.177. The Morgan fingerprint density at radius 3 is 2.71 bits per heavy atom. The summed E-state index contributed by atoms with van der Waals surface area (Å²) >= 11 is 0. The Bertz CT molecular complexity index is 1110. The minimum atomic E-state index is -1.13. The van der Waals surface area contributed by atoms with Crippen LogP contribution in [-0.2, 0) is 31.0 Å². The molecule has 9 nitrogen and oxygen atoms in total. The summed E-state index contributed by atoms with van der Waals surface area (Å²) in [4.78, 5) is 49.0. The van der Waals surface area contributed by atoms with Crippen molar-refractivity contribution in [3.8, 4) is 11.5 Å². The number of Topliss-reactive ketones (excluding diaryl/α,β-unsaturated/α-hetero) is 1. The first-order valence-corrected chi connectivity index (χ1v) is 12.4. The SMILES string of the molecule is CC(C)C(NC(=O)CCC(=O)Oc1ccc2c3c1O[C@H]1C(=O)CC[C@@]4(O)[C@H](CCC[C@]314)C2)C(=O)O. The second kappa shape index (κ2) is 8.33. The fraction of sp³-hybridized carbons (Fsp3) is 0.615. The van der Waals surface area contributed by atoms with Crippen LogP contribution in [0.1, 0.15) is 69.9 Å². The van der Waals surface area contributed by atoms with Gasteiger partial charge in [-0.2, -0.15) is 0 Å². The molecule has 188 valence electrons. The summed E-state index contributed by atoms with van der Waals surface area (Å²) in [6.07, 6.45) is 2.58. The van der Waals surface area contributed by atoms with Gasteiger partial charge in [-0.15, -0.1) is 0 Å². The van der Waals surface area contributed by atoms with Gasteiger partial charge in [-0.3, -0.25) is 14.4 Å². The van der Waals surface area contributed by atoms with Gasteiger partial charge >= 0.3 is 11.9 Å². The lowest BCUT2D eigenvalue weighted by Crippen LogP contribution is -2.69. The van der Waals surface area contributed by atoms with Crippen molar-refractivity contribution in [2.45, 2.75) is 88.4 Å². The van der Waals surface area contributed by atoms with E-state index < -0.39 is 41.0 Å². The summed E-state index contributed by atoms with van der Waals surface area (Å²) in [6.45, 7) is 3.37. The molecule has 1 aromatic carbocycles. The van der Waals surface area contributed by atoms with Gasteiger partial charge in [0.1, 0.15) is 6.04 Å². The van der Waals surface area contributed by atoms with Crippen molar-refractivity contribution in [3.05, 3.63) is 23.3 Å². The van der Waals surface area contributed by atoms with Crippen molar-refractivity contribution in [1.82, 2.24) is 5.32 Å². The summed E-state index contributed by atoms with van der Waals surface area (Å²) in [7, 11) is 0. The van der Waals surface area contributed by atoms with Gasteiger partial charge in [-0.1, -0.05) is 26.3 Å². The molecule has 4 aliphatic rings. The number of rotatable bonds is 7. The van der Waals surface area contributed by atoms with Crippen LogP contribution < -0.4 is 14.8 Å². The molecule has 0 aromatic heterocycles. The molecule has 3 N–H and O–H groups in total. The zero-order chi connectivity index (χ0) is 25.1. The van der Waals surface area contributed by atoms with Gasteiger partial charge in [-0.25, -0.2) is 4.79 Å². The van der Waals surface area contributed by atoms with Gasteiger partial charge in [0.2, 0.25) is 5.91 Å². The number of aliphatic hydroxyl groups is 1. The van der Waals surface area contributed by atoms with Crippen LogP contribution in [0, 0.1) is 11.8 Å². The van der Waals surface area contributed by atoms with Crippen molar-refractivity contribution < 1.29 is 38.9 Å². The van der Waals surface area contributed by atoms with Crippen molar-refractivity contribution in [1.29, 1.82) is 0 Å². The highest BCUT2D eigenvalue weighted by Gasteiger charge is 2.71. The molecule has 0 radical (unpaired) electrons. The Hall–Kier alpha value is -2.94. The molecule has 1 heterocycles. The Kier molecular flexibility index (Phi) is 5.66. The van der Waals surface area contributed by atoms with E-state index in [4.69, 9.17) is 9.47 Å². The molecule has 35 heavy (non-hydrogen) atoms. The van der Waals surface area contributed by atoms with Gasteiger partial charge < -0.3 is 25.0 Å². The zero-order valence-electron chi connectivity index (χ0n) is 20.0.